The molecule has 0 spiro atoms. The Labute approximate surface area is 185 Å². The molecule has 0 bridgehead atoms. The van der Waals surface area contributed by atoms with Gasteiger partial charge in [0.25, 0.3) is 5.91 Å². The quantitative estimate of drug-likeness (QED) is 0.366. The maximum absolute atomic E-state index is 13.2. The summed E-state index contributed by atoms with van der Waals surface area (Å²) < 4.78 is 5.62. The number of nitrogens with zero attached hydrogens (tertiary/aromatic N) is 3. The normalized spacial score (nSPS) is 14.7. The summed E-state index contributed by atoms with van der Waals surface area (Å²) in [6, 6.07) is 16.6. The van der Waals surface area contributed by atoms with Crippen molar-refractivity contribution in [2.24, 2.45) is 0 Å². The Hall–Kier alpha value is -2.99. The van der Waals surface area contributed by atoms with Crippen molar-refractivity contribution in [1.82, 2.24) is 15.0 Å². The number of carbonyl (C=O) groups is 1. The number of thiazole rings is 1. The van der Waals surface area contributed by atoms with Gasteiger partial charge in [0.1, 0.15) is 15.6 Å². The minimum atomic E-state index is 0.0808. The zero-order valence-corrected chi connectivity index (χ0v) is 18.4. The second kappa shape index (κ2) is 8.63. The molecule has 158 valence electrons. The van der Waals surface area contributed by atoms with Gasteiger partial charge in [-0.05, 0) is 43.0 Å². The number of fused-ring (bicyclic) bond motifs is 1. The smallest absolute Gasteiger partial charge is 0.265 e. The van der Waals surface area contributed by atoms with E-state index in [0.29, 0.717) is 21.6 Å². The molecule has 6 heteroatoms. The van der Waals surface area contributed by atoms with Gasteiger partial charge >= 0.3 is 0 Å². The van der Waals surface area contributed by atoms with Crippen LogP contribution in [0.2, 0.25) is 0 Å². The van der Waals surface area contributed by atoms with Crippen molar-refractivity contribution in [2.45, 2.75) is 45.1 Å². The van der Waals surface area contributed by atoms with E-state index in [-0.39, 0.29) is 5.91 Å². The molecular weight excluding hydrogens is 406 g/mol. The molecule has 5 nitrogen and oxygen atoms in total. The Morgan fingerprint density at radius 2 is 1.90 bits per heavy atom. The number of carbonyl (C=O) groups excluding carboxylic acids is 1. The molecule has 31 heavy (non-hydrogen) atoms. The molecule has 1 saturated carbocycles. The van der Waals surface area contributed by atoms with Gasteiger partial charge in [0.05, 0.1) is 11.6 Å². The highest BCUT2D eigenvalue weighted by Gasteiger charge is 2.27. The number of rotatable bonds is 5. The Bertz CT molecular complexity index is 1190. The lowest BCUT2D eigenvalue weighted by Gasteiger charge is -2.33. The molecular formula is C25H25N3O2S. The fraction of sp³-hybridized carbons (Fsp3) is 0.320. The summed E-state index contributed by atoms with van der Waals surface area (Å²) in [4.78, 5) is 20.4. The van der Waals surface area contributed by atoms with Crippen LogP contribution in [0.1, 0.15) is 48.7 Å². The fourth-order valence-electron chi connectivity index (χ4n) is 4.49. The highest BCUT2D eigenvalue weighted by Crippen LogP contribution is 2.34. The first-order valence-corrected chi connectivity index (χ1v) is 11.8. The van der Waals surface area contributed by atoms with Crippen molar-refractivity contribution >= 4 is 28.2 Å². The van der Waals surface area contributed by atoms with Crippen molar-refractivity contribution in [2.75, 3.05) is 6.54 Å². The maximum Gasteiger partial charge on any atom is 0.265 e. The molecule has 0 unspecified atom stereocenters. The number of aromatic nitrogens is 2. The molecule has 0 saturated heterocycles. The zero-order valence-electron chi connectivity index (χ0n) is 17.6. The SMILES string of the molecule is CCN(C(=O)c1cnc(-c2noc3cc(-c4ccccc4)ccc23)s1)C1CCCCC1. The van der Waals surface area contributed by atoms with Crippen molar-refractivity contribution < 1.29 is 9.32 Å². The van der Waals surface area contributed by atoms with E-state index >= 15 is 0 Å². The lowest BCUT2D eigenvalue weighted by Crippen LogP contribution is -2.41. The molecule has 2 aromatic heterocycles. The summed E-state index contributed by atoms with van der Waals surface area (Å²) in [5.41, 5.74) is 3.62. The van der Waals surface area contributed by atoms with E-state index in [1.165, 1.54) is 30.6 Å². The summed E-state index contributed by atoms with van der Waals surface area (Å²) in [6.45, 7) is 2.79. The molecule has 2 aromatic carbocycles. The van der Waals surface area contributed by atoms with Gasteiger partial charge in [-0.1, -0.05) is 60.8 Å². The Morgan fingerprint density at radius 1 is 1.10 bits per heavy atom. The van der Waals surface area contributed by atoms with E-state index in [1.807, 2.05) is 35.2 Å². The van der Waals surface area contributed by atoms with Gasteiger partial charge in [0.15, 0.2) is 5.58 Å². The van der Waals surface area contributed by atoms with E-state index in [9.17, 15) is 4.79 Å². The predicted molar refractivity (Wildman–Crippen MR) is 124 cm³/mol. The second-order valence-electron chi connectivity index (χ2n) is 8.02. The van der Waals surface area contributed by atoms with E-state index in [1.54, 1.807) is 6.20 Å². The number of hydrogen-bond donors (Lipinski definition) is 0. The monoisotopic (exact) mass is 431 g/mol. The highest BCUT2D eigenvalue weighted by molar-refractivity contribution is 7.17. The fourth-order valence-corrected chi connectivity index (χ4v) is 5.35. The van der Waals surface area contributed by atoms with Crippen LogP contribution in [0.15, 0.2) is 59.3 Å². The Balaban J connectivity index is 1.42. The van der Waals surface area contributed by atoms with Crippen molar-refractivity contribution in [1.29, 1.82) is 0 Å². The second-order valence-corrected chi connectivity index (χ2v) is 9.05. The summed E-state index contributed by atoms with van der Waals surface area (Å²) in [6.07, 6.45) is 7.58. The molecule has 1 aliphatic carbocycles. The van der Waals surface area contributed by atoms with Crippen LogP contribution in [-0.4, -0.2) is 33.5 Å². The van der Waals surface area contributed by atoms with Crippen LogP contribution >= 0.6 is 11.3 Å². The van der Waals surface area contributed by atoms with Crippen LogP contribution in [0.4, 0.5) is 0 Å². The minimum absolute atomic E-state index is 0.0808. The summed E-state index contributed by atoms with van der Waals surface area (Å²) in [5, 5.41) is 5.90. The third kappa shape index (κ3) is 3.88. The first kappa shape index (κ1) is 19.9. The summed E-state index contributed by atoms with van der Waals surface area (Å²) in [7, 11) is 0. The van der Waals surface area contributed by atoms with Crippen LogP contribution in [0, 0.1) is 0 Å². The first-order chi connectivity index (χ1) is 15.2. The highest BCUT2D eigenvalue weighted by atomic mass is 32.1. The van der Waals surface area contributed by atoms with Crippen LogP contribution in [0.25, 0.3) is 32.8 Å². The van der Waals surface area contributed by atoms with Crippen molar-refractivity contribution in [3.05, 3.63) is 59.6 Å². The van der Waals surface area contributed by atoms with Gasteiger partial charge in [-0.25, -0.2) is 4.98 Å². The van der Waals surface area contributed by atoms with Gasteiger partial charge in [-0.15, -0.1) is 11.3 Å². The van der Waals surface area contributed by atoms with Gasteiger partial charge < -0.3 is 9.42 Å². The molecule has 2 heterocycles. The topological polar surface area (TPSA) is 59.2 Å². The van der Waals surface area contributed by atoms with Gasteiger partial charge in [-0.2, -0.15) is 0 Å². The summed E-state index contributed by atoms with van der Waals surface area (Å²) >= 11 is 1.40. The zero-order chi connectivity index (χ0) is 21.2. The average Bonchev–Trinajstić information content (AvgIpc) is 3.47. The molecule has 5 rings (SSSR count). The molecule has 0 atom stereocenters. The van der Waals surface area contributed by atoms with E-state index in [4.69, 9.17) is 4.52 Å². The molecule has 1 aliphatic rings. The molecule has 4 aromatic rings. The van der Waals surface area contributed by atoms with Gasteiger partial charge in [-0.3, -0.25) is 4.79 Å². The molecule has 1 fully saturated rings. The maximum atomic E-state index is 13.2. The number of benzene rings is 2. The molecule has 1 amide bonds. The average molecular weight is 432 g/mol. The summed E-state index contributed by atoms with van der Waals surface area (Å²) in [5.74, 6) is 0.0808. The predicted octanol–water partition coefficient (Wildman–Crippen LogP) is 6.41. The largest absolute Gasteiger partial charge is 0.356 e. The molecule has 0 N–H and O–H groups in total. The van der Waals surface area contributed by atoms with Crippen LogP contribution in [0.5, 0.6) is 0 Å². The Kier molecular flexibility index (Phi) is 5.55. The van der Waals surface area contributed by atoms with Crippen LogP contribution in [-0.2, 0) is 0 Å². The number of amides is 1. The van der Waals surface area contributed by atoms with E-state index in [2.05, 4.69) is 35.3 Å². The van der Waals surface area contributed by atoms with Crippen molar-refractivity contribution in [3.63, 3.8) is 0 Å². The molecule has 0 aliphatic heterocycles. The third-order valence-corrected chi connectivity index (χ3v) is 7.11. The minimum Gasteiger partial charge on any atom is -0.356 e. The van der Waals surface area contributed by atoms with Crippen LogP contribution < -0.4 is 0 Å². The lowest BCUT2D eigenvalue weighted by atomic mass is 9.94. The first-order valence-electron chi connectivity index (χ1n) is 11.0. The molecule has 0 radical (unpaired) electrons. The van der Waals surface area contributed by atoms with Crippen molar-refractivity contribution in [3.8, 4) is 21.8 Å². The van der Waals surface area contributed by atoms with Gasteiger partial charge in [0, 0.05) is 12.6 Å². The van der Waals surface area contributed by atoms with Gasteiger partial charge in [0.2, 0.25) is 0 Å². The van der Waals surface area contributed by atoms with E-state index in [0.717, 1.165) is 41.5 Å². The lowest BCUT2D eigenvalue weighted by molar-refractivity contribution is 0.0652. The van der Waals surface area contributed by atoms with E-state index < -0.39 is 0 Å². The van der Waals surface area contributed by atoms with Crippen LogP contribution in [0.3, 0.4) is 0 Å². The Morgan fingerprint density at radius 3 is 2.68 bits per heavy atom. The standard InChI is InChI=1S/C25H25N3O2S/c1-2-28(19-11-7-4-8-12-19)25(29)22-16-26-24(31-22)23-20-14-13-18(15-21(20)30-27-23)17-9-5-3-6-10-17/h3,5-6,9-10,13-16,19H,2,4,7-8,11-12H2,1H3. The number of hydrogen-bond acceptors (Lipinski definition) is 5. The third-order valence-electron chi connectivity index (χ3n) is 6.12.